The highest BCUT2D eigenvalue weighted by Crippen LogP contribution is 2.13. The molecule has 0 spiro atoms. The molecule has 0 fully saturated rings. The second-order valence-electron chi connectivity index (χ2n) is 5.87. The van der Waals surface area contributed by atoms with Crippen LogP contribution in [-0.2, 0) is 13.0 Å². The predicted molar refractivity (Wildman–Crippen MR) is 99.5 cm³/mol. The molecular weight excluding hydrogens is 316 g/mol. The van der Waals surface area contributed by atoms with Crippen LogP contribution in [0.5, 0.6) is 0 Å². The zero-order chi connectivity index (χ0) is 18.1. The fraction of sp³-hybridized carbons (Fsp3) is 0.500. The monoisotopic (exact) mass is 344 g/mol. The summed E-state index contributed by atoms with van der Waals surface area (Å²) in [4.78, 5) is 4.48. The second-order valence-corrected chi connectivity index (χ2v) is 5.87. The Morgan fingerprint density at radius 2 is 2.00 bits per heavy atom. The summed E-state index contributed by atoms with van der Waals surface area (Å²) in [6, 6.07) is 7.87. The van der Waals surface area contributed by atoms with Crippen molar-refractivity contribution in [2.24, 2.45) is 4.99 Å². The summed E-state index contributed by atoms with van der Waals surface area (Å²) in [7, 11) is 0. The Hall–Kier alpha value is -2.41. The van der Waals surface area contributed by atoms with Crippen molar-refractivity contribution in [1.29, 1.82) is 0 Å². The van der Waals surface area contributed by atoms with Crippen LogP contribution >= 0.6 is 0 Å². The van der Waals surface area contributed by atoms with Crippen LogP contribution in [0.4, 0.5) is 0 Å². The van der Waals surface area contributed by atoms with Gasteiger partial charge < -0.3 is 20.3 Å². The maximum absolute atomic E-state index is 10.3. The Labute approximate surface area is 149 Å². The molecule has 3 N–H and O–H groups in total. The van der Waals surface area contributed by atoms with Crippen LogP contribution < -0.4 is 10.6 Å². The first-order valence-electron chi connectivity index (χ1n) is 8.77. The van der Waals surface area contributed by atoms with Gasteiger partial charge in [0.05, 0.1) is 12.6 Å². The molecule has 25 heavy (non-hydrogen) atoms. The Balaban J connectivity index is 1.88. The molecule has 136 valence electrons. The van der Waals surface area contributed by atoms with Crippen molar-refractivity contribution in [2.75, 3.05) is 19.6 Å². The van der Waals surface area contributed by atoms with Gasteiger partial charge in [0.15, 0.2) is 5.96 Å². The van der Waals surface area contributed by atoms with Crippen molar-refractivity contribution >= 4 is 5.96 Å². The van der Waals surface area contributed by atoms with Crippen molar-refractivity contribution in [3.8, 4) is 0 Å². The standard InChI is InChI=1S/C18H28N6O/c1-4-17-23-22-13-24(17)11-10-20-18(19-5-2)21-12-16(25)15-8-6-14(3)7-9-15/h6-9,13,16,25H,4-5,10-12H2,1-3H3,(H2,19,20,21). The van der Waals surface area contributed by atoms with Crippen LogP contribution in [0.2, 0.25) is 0 Å². The number of nitrogens with zero attached hydrogens (tertiary/aromatic N) is 4. The molecule has 7 nitrogen and oxygen atoms in total. The van der Waals surface area contributed by atoms with E-state index in [0.717, 1.165) is 30.9 Å². The Morgan fingerprint density at radius 3 is 2.68 bits per heavy atom. The molecule has 0 radical (unpaired) electrons. The van der Waals surface area contributed by atoms with Gasteiger partial charge in [-0.1, -0.05) is 36.8 Å². The van der Waals surface area contributed by atoms with E-state index in [0.29, 0.717) is 19.0 Å². The molecule has 1 atom stereocenters. The molecule has 7 heteroatoms. The van der Waals surface area contributed by atoms with Gasteiger partial charge >= 0.3 is 0 Å². The summed E-state index contributed by atoms with van der Waals surface area (Å²) >= 11 is 0. The molecule has 1 heterocycles. The van der Waals surface area contributed by atoms with Crippen molar-refractivity contribution in [3.63, 3.8) is 0 Å². The third-order valence-corrected chi connectivity index (χ3v) is 3.89. The number of benzene rings is 1. The Morgan fingerprint density at radius 1 is 1.24 bits per heavy atom. The van der Waals surface area contributed by atoms with Gasteiger partial charge in [-0.05, 0) is 19.4 Å². The van der Waals surface area contributed by atoms with E-state index in [1.807, 2.05) is 42.7 Å². The topological polar surface area (TPSA) is 87.4 Å². The molecule has 2 aromatic rings. The SMILES string of the molecule is CCNC(=NCC(O)c1ccc(C)cc1)NCCn1cnnc1CC. The third-order valence-electron chi connectivity index (χ3n) is 3.89. The number of hydrogen-bond acceptors (Lipinski definition) is 4. The molecule has 0 aliphatic heterocycles. The van der Waals surface area contributed by atoms with Gasteiger partial charge in [0.2, 0.25) is 0 Å². The van der Waals surface area contributed by atoms with Crippen molar-refractivity contribution in [1.82, 2.24) is 25.4 Å². The smallest absolute Gasteiger partial charge is 0.191 e. The summed E-state index contributed by atoms with van der Waals surface area (Å²) in [5, 5.41) is 24.8. The molecule has 2 rings (SSSR count). The van der Waals surface area contributed by atoms with E-state index in [9.17, 15) is 5.11 Å². The minimum absolute atomic E-state index is 0.311. The summed E-state index contributed by atoms with van der Waals surface area (Å²) in [5.41, 5.74) is 2.05. The van der Waals surface area contributed by atoms with Gasteiger partial charge in [0.1, 0.15) is 12.2 Å². The van der Waals surface area contributed by atoms with Crippen LogP contribution in [0.25, 0.3) is 0 Å². The maximum Gasteiger partial charge on any atom is 0.191 e. The lowest BCUT2D eigenvalue weighted by Crippen LogP contribution is -2.39. The highest BCUT2D eigenvalue weighted by molar-refractivity contribution is 5.79. The predicted octanol–water partition coefficient (Wildman–Crippen LogP) is 1.44. The van der Waals surface area contributed by atoms with Gasteiger partial charge in [0, 0.05) is 26.1 Å². The minimum Gasteiger partial charge on any atom is -0.386 e. The summed E-state index contributed by atoms with van der Waals surface area (Å²) < 4.78 is 2.03. The molecule has 0 aliphatic rings. The summed E-state index contributed by atoms with van der Waals surface area (Å²) in [5.74, 6) is 1.67. The number of aromatic nitrogens is 3. The van der Waals surface area contributed by atoms with Crippen molar-refractivity contribution in [2.45, 2.75) is 39.8 Å². The van der Waals surface area contributed by atoms with E-state index in [2.05, 4.69) is 32.7 Å². The zero-order valence-corrected chi connectivity index (χ0v) is 15.2. The van der Waals surface area contributed by atoms with E-state index >= 15 is 0 Å². The lowest BCUT2D eigenvalue weighted by Gasteiger charge is -2.14. The highest BCUT2D eigenvalue weighted by atomic mass is 16.3. The highest BCUT2D eigenvalue weighted by Gasteiger charge is 2.07. The molecule has 0 saturated heterocycles. The largest absolute Gasteiger partial charge is 0.386 e. The first-order valence-corrected chi connectivity index (χ1v) is 8.77. The van der Waals surface area contributed by atoms with E-state index in [1.165, 1.54) is 5.56 Å². The normalized spacial score (nSPS) is 12.9. The number of rotatable bonds is 8. The molecule has 0 aliphatic carbocycles. The molecule has 1 aromatic heterocycles. The van der Waals surface area contributed by atoms with E-state index in [4.69, 9.17) is 0 Å². The average Bonchev–Trinajstić information content (AvgIpc) is 3.07. The van der Waals surface area contributed by atoms with Crippen LogP contribution in [0.1, 0.15) is 36.9 Å². The number of aliphatic imine (C=N–C) groups is 1. The fourth-order valence-electron chi connectivity index (χ4n) is 2.45. The molecule has 0 amide bonds. The average molecular weight is 344 g/mol. The lowest BCUT2D eigenvalue weighted by atomic mass is 10.1. The Kier molecular flexibility index (Phi) is 7.40. The quantitative estimate of drug-likeness (QED) is 0.498. The number of hydrogen-bond donors (Lipinski definition) is 3. The van der Waals surface area contributed by atoms with Crippen molar-refractivity contribution < 1.29 is 5.11 Å². The lowest BCUT2D eigenvalue weighted by molar-refractivity contribution is 0.187. The summed E-state index contributed by atoms with van der Waals surface area (Å²) in [6.07, 6.45) is 1.99. The summed E-state index contributed by atoms with van der Waals surface area (Å²) in [6.45, 7) is 8.65. The van der Waals surface area contributed by atoms with Gasteiger partial charge in [-0.2, -0.15) is 0 Å². The second kappa shape index (κ2) is 9.78. The van der Waals surface area contributed by atoms with Crippen LogP contribution in [-0.4, -0.2) is 45.5 Å². The zero-order valence-electron chi connectivity index (χ0n) is 15.2. The third kappa shape index (κ3) is 5.86. The van der Waals surface area contributed by atoms with Gasteiger partial charge in [0.25, 0.3) is 0 Å². The maximum atomic E-state index is 10.3. The first-order chi connectivity index (χ1) is 12.1. The van der Waals surface area contributed by atoms with Crippen LogP contribution in [0, 0.1) is 6.92 Å². The Bertz CT molecular complexity index is 664. The van der Waals surface area contributed by atoms with Gasteiger partial charge in [-0.25, -0.2) is 0 Å². The van der Waals surface area contributed by atoms with Gasteiger partial charge in [-0.15, -0.1) is 10.2 Å². The molecule has 1 aromatic carbocycles. The van der Waals surface area contributed by atoms with E-state index in [1.54, 1.807) is 6.33 Å². The van der Waals surface area contributed by atoms with Crippen LogP contribution in [0.3, 0.4) is 0 Å². The first kappa shape index (κ1) is 18.9. The van der Waals surface area contributed by atoms with E-state index < -0.39 is 6.10 Å². The number of aliphatic hydroxyl groups is 1. The molecular formula is C18H28N6O. The van der Waals surface area contributed by atoms with Crippen molar-refractivity contribution in [3.05, 3.63) is 47.5 Å². The minimum atomic E-state index is -0.611. The van der Waals surface area contributed by atoms with Crippen LogP contribution in [0.15, 0.2) is 35.6 Å². The number of aryl methyl sites for hydroxylation is 2. The number of aliphatic hydroxyl groups excluding tert-OH is 1. The number of nitrogens with one attached hydrogen (secondary N) is 2. The molecule has 0 saturated carbocycles. The molecule has 1 unspecified atom stereocenters. The van der Waals surface area contributed by atoms with Gasteiger partial charge in [-0.3, -0.25) is 4.99 Å². The molecule has 0 bridgehead atoms. The van der Waals surface area contributed by atoms with E-state index in [-0.39, 0.29) is 0 Å². The fourth-order valence-corrected chi connectivity index (χ4v) is 2.45. The number of guanidine groups is 1.